The highest BCUT2D eigenvalue weighted by molar-refractivity contribution is 6.07. The number of ether oxygens (including phenoxy) is 2. The van der Waals surface area contributed by atoms with E-state index in [2.05, 4.69) is 34.5 Å². The van der Waals surface area contributed by atoms with Crippen LogP contribution in [-0.4, -0.2) is 49.1 Å². The van der Waals surface area contributed by atoms with Crippen molar-refractivity contribution in [2.75, 3.05) is 27.3 Å². The van der Waals surface area contributed by atoms with Crippen LogP contribution >= 0.6 is 0 Å². The van der Waals surface area contributed by atoms with Crippen LogP contribution in [0.1, 0.15) is 28.8 Å². The first-order valence-corrected chi connectivity index (χ1v) is 12.3. The molecule has 0 spiro atoms. The Balaban J connectivity index is 1.37. The summed E-state index contributed by atoms with van der Waals surface area (Å²) < 4.78 is 11.0. The zero-order valence-corrected chi connectivity index (χ0v) is 20.7. The maximum Gasteiger partial charge on any atom is 0.252 e. The number of nitrogens with zero attached hydrogens (tertiary/aromatic N) is 2. The third-order valence-electron chi connectivity index (χ3n) is 6.82. The van der Waals surface area contributed by atoms with E-state index < -0.39 is 0 Å². The number of hydrogen-bond acceptors (Lipinski definition) is 5. The van der Waals surface area contributed by atoms with Gasteiger partial charge >= 0.3 is 0 Å². The number of carbonyl (C=O) groups excluding carboxylic acids is 1. The Morgan fingerprint density at radius 3 is 2.44 bits per heavy atom. The summed E-state index contributed by atoms with van der Waals surface area (Å²) in [5, 5.41) is 4.13. The van der Waals surface area contributed by atoms with Crippen molar-refractivity contribution in [2.24, 2.45) is 0 Å². The maximum absolute atomic E-state index is 13.6. The third-order valence-corrected chi connectivity index (χ3v) is 6.82. The van der Waals surface area contributed by atoms with Crippen LogP contribution in [0, 0.1) is 0 Å². The molecule has 4 aromatic rings. The molecule has 3 aromatic carbocycles. The Bertz CT molecular complexity index is 1350. The van der Waals surface area contributed by atoms with Crippen LogP contribution in [0.5, 0.6) is 11.5 Å². The van der Waals surface area contributed by atoms with E-state index in [9.17, 15) is 4.79 Å². The number of methoxy groups -OCH3 is 2. The molecule has 184 valence electrons. The third kappa shape index (κ3) is 5.19. The summed E-state index contributed by atoms with van der Waals surface area (Å²) in [4.78, 5) is 20.9. The zero-order chi connectivity index (χ0) is 24.9. The van der Waals surface area contributed by atoms with Crippen LogP contribution in [0.4, 0.5) is 0 Å². The van der Waals surface area contributed by atoms with Gasteiger partial charge in [0.15, 0.2) is 0 Å². The van der Waals surface area contributed by atoms with Crippen molar-refractivity contribution in [3.63, 3.8) is 0 Å². The highest BCUT2D eigenvalue weighted by Crippen LogP contribution is 2.34. The molecule has 1 amide bonds. The van der Waals surface area contributed by atoms with Gasteiger partial charge in [0.25, 0.3) is 5.91 Å². The number of fused-ring (bicyclic) bond motifs is 1. The molecule has 5 rings (SSSR count). The Hall–Kier alpha value is -3.90. The monoisotopic (exact) mass is 481 g/mol. The van der Waals surface area contributed by atoms with Crippen molar-refractivity contribution in [3.05, 3.63) is 90.0 Å². The Morgan fingerprint density at radius 1 is 0.944 bits per heavy atom. The van der Waals surface area contributed by atoms with Gasteiger partial charge in [0.05, 0.1) is 31.0 Å². The average molecular weight is 482 g/mol. The molecule has 1 aromatic heterocycles. The number of hydrogen-bond donors (Lipinski definition) is 1. The molecule has 2 heterocycles. The number of likely N-dealkylation sites (tertiary alicyclic amines) is 1. The molecule has 0 atom stereocenters. The number of para-hydroxylation sites is 1. The van der Waals surface area contributed by atoms with Crippen LogP contribution in [0.2, 0.25) is 0 Å². The van der Waals surface area contributed by atoms with Gasteiger partial charge in [-0.25, -0.2) is 4.98 Å². The lowest BCUT2D eigenvalue weighted by Crippen LogP contribution is -2.44. The molecule has 1 aliphatic rings. The van der Waals surface area contributed by atoms with Gasteiger partial charge < -0.3 is 14.8 Å². The number of nitrogens with one attached hydrogen (secondary N) is 1. The molecule has 1 fully saturated rings. The molecule has 1 saturated heterocycles. The molecule has 0 bridgehead atoms. The van der Waals surface area contributed by atoms with Crippen LogP contribution in [-0.2, 0) is 6.54 Å². The quantitative estimate of drug-likeness (QED) is 0.387. The minimum Gasteiger partial charge on any atom is -0.497 e. The highest BCUT2D eigenvalue weighted by Gasteiger charge is 2.23. The molecule has 36 heavy (non-hydrogen) atoms. The van der Waals surface area contributed by atoms with Crippen molar-refractivity contribution in [1.29, 1.82) is 0 Å². The molecule has 6 nitrogen and oxygen atoms in total. The van der Waals surface area contributed by atoms with E-state index in [4.69, 9.17) is 14.5 Å². The molecule has 0 aliphatic carbocycles. The number of piperidine rings is 1. The smallest absolute Gasteiger partial charge is 0.252 e. The number of amides is 1. The van der Waals surface area contributed by atoms with E-state index in [1.165, 1.54) is 5.56 Å². The first-order valence-electron chi connectivity index (χ1n) is 12.3. The highest BCUT2D eigenvalue weighted by atomic mass is 16.5. The number of pyridine rings is 1. The van der Waals surface area contributed by atoms with Crippen LogP contribution in [0.15, 0.2) is 78.9 Å². The second-order valence-electron chi connectivity index (χ2n) is 9.15. The van der Waals surface area contributed by atoms with Gasteiger partial charge in [-0.2, -0.15) is 0 Å². The van der Waals surface area contributed by atoms with Gasteiger partial charge in [0.2, 0.25) is 0 Å². The van der Waals surface area contributed by atoms with E-state index in [-0.39, 0.29) is 11.9 Å². The van der Waals surface area contributed by atoms with E-state index in [1.54, 1.807) is 14.2 Å². The first-order chi connectivity index (χ1) is 17.6. The number of rotatable bonds is 7. The fraction of sp³-hybridized carbons (Fsp3) is 0.267. The summed E-state index contributed by atoms with van der Waals surface area (Å²) in [6, 6.07) is 25.9. The lowest BCUT2D eigenvalue weighted by Gasteiger charge is -2.32. The minimum atomic E-state index is -0.0711. The standard InChI is InChI=1S/C30H31N3O3/c1-35-23-12-13-29(36-2)26(18-23)28-19-25(24-10-6-7-11-27(24)32-28)30(34)31-22-14-16-33(17-15-22)20-21-8-4-3-5-9-21/h3-13,18-19,22H,14-17,20H2,1-2H3,(H,31,34). The van der Waals surface area contributed by atoms with E-state index >= 15 is 0 Å². The van der Waals surface area contributed by atoms with Gasteiger partial charge in [-0.15, -0.1) is 0 Å². The van der Waals surface area contributed by atoms with Gasteiger partial charge in [-0.1, -0.05) is 48.5 Å². The topological polar surface area (TPSA) is 63.7 Å². The van der Waals surface area contributed by atoms with E-state index in [0.717, 1.165) is 48.9 Å². The lowest BCUT2D eigenvalue weighted by atomic mass is 10.0. The second kappa shape index (κ2) is 10.8. The zero-order valence-electron chi connectivity index (χ0n) is 20.7. The number of aromatic nitrogens is 1. The molecule has 1 N–H and O–H groups in total. The van der Waals surface area contributed by atoms with E-state index in [0.29, 0.717) is 22.8 Å². The van der Waals surface area contributed by atoms with E-state index in [1.807, 2.05) is 54.6 Å². The van der Waals surface area contributed by atoms with Crippen LogP contribution < -0.4 is 14.8 Å². The van der Waals surface area contributed by atoms with Crippen LogP contribution in [0.3, 0.4) is 0 Å². The molecular weight excluding hydrogens is 450 g/mol. The second-order valence-corrected chi connectivity index (χ2v) is 9.15. The molecule has 0 radical (unpaired) electrons. The SMILES string of the molecule is COc1ccc(OC)c(-c2cc(C(=O)NC3CCN(Cc4ccccc4)CC3)c3ccccc3n2)c1. The van der Waals surface area contributed by atoms with Gasteiger partial charge in [-0.3, -0.25) is 9.69 Å². The summed E-state index contributed by atoms with van der Waals surface area (Å²) in [5.41, 5.74) is 4.16. The predicted octanol–water partition coefficient (Wildman–Crippen LogP) is 5.31. The first kappa shape index (κ1) is 23.8. The Morgan fingerprint density at radius 2 is 1.69 bits per heavy atom. The normalized spacial score (nSPS) is 14.5. The fourth-order valence-corrected chi connectivity index (χ4v) is 4.86. The maximum atomic E-state index is 13.6. The Labute approximate surface area is 211 Å². The van der Waals surface area contributed by atoms with Crippen molar-refractivity contribution < 1.29 is 14.3 Å². The van der Waals surface area contributed by atoms with Crippen LogP contribution in [0.25, 0.3) is 22.2 Å². The fourth-order valence-electron chi connectivity index (χ4n) is 4.86. The average Bonchev–Trinajstić information content (AvgIpc) is 2.93. The lowest BCUT2D eigenvalue weighted by molar-refractivity contribution is 0.0910. The largest absolute Gasteiger partial charge is 0.497 e. The summed E-state index contributed by atoms with van der Waals surface area (Å²) in [5.74, 6) is 1.31. The summed E-state index contributed by atoms with van der Waals surface area (Å²) in [6.45, 7) is 2.87. The van der Waals surface area contributed by atoms with Crippen molar-refractivity contribution >= 4 is 16.8 Å². The summed E-state index contributed by atoms with van der Waals surface area (Å²) in [6.07, 6.45) is 1.86. The Kier molecular flexibility index (Phi) is 7.14. The van der Waals surface area contributed by atoms with Gasteiger partial charge in [0, 0.05) is 36.6 Å². The number of carbonyl (C=O) groups is 1. The summed E-state index contributed by atoms with van der Waals surface area (Å²) in [7, 11) is 3.26. The minimum absolute atomic E-state index is 0.0711. The van der Waals surface area contributed by atoms with Crippen molar-refractivity contribution in [1.82, 2.24) is 15.2 Å². The molecule has 1 aliphatic heterocycles. The van der Waals surface area contributed by atoms with Crippen molar-refractivity contribution in [3.8, 4) is 22.8 Å². The number of benzene rings is 3. The van der Waals surface area contributed by atoms with Gasteiger partial charge in [-0.05, 0) is 48.7 Å². The molecule has 0 unspecified atom stereocenters. The van der Waals surface area contributed by atoms with Gasteiger partial charge in [0.1, 0.15) is 11.5 Å². The van der Waals surface area contributed by atoms with Crippen molar-refractivity contribution in [2.45, 2.75) is 25.4 Å². The predicted molar refractivity (Wildman–Crippen MR) is 142 cm³/mol. The summed E-state index contributed by atoms with van der Waals surface area (Å²) >= 11 is 0. The molecule has 0 saturated carbocycles. The molecule has 6 heteroatoms. The molecular formula is C30H31N3O3.